The summed E-state index contributed by atoms with van der Waals surface area (Å²) in [5, 5.41) is 0. The summed E-state index contributed by atoms with van der Waals surface area (Å²) >= 11 is -3.69. The second-order valence-corrected chi connectivity index (χ2v) is 6.96. The summed E-state index contributed by atoms with van der Waals surface area (Å²) in [6, 6.07) is 4.34. The van der Waals surface area contributed by atoms with Gasteiger partial charge in [0, 0.05) is 0 Å². The minimum atomic E-state index is -3.69. The molecule has 0 radical (unpaired) electrons. The van der Waals surface area contributed by atoms with Crippen molar-refractivity contribution >= 4 is 41.0 Å². The van der Waals surface area contributed by atoms with Gasteiger partial charge in [0.15, 0.2) is 0 Å². The molecular formula is C9H3BiO6. The van der Waals surface area contributed by atoms with Gasteiger partial charge in [0.1, 0.15) is 0 Å². The standard InChI is InChI=1S/C9H6O6.Bi/c10-7(11)4-2-1-3-5(8(12)13)6(4)9(14)15;/h1-3H,(H,10,11)(H,12,13)(H,14,15);/q;+3/p-3. The van der Waals surface area contributed by atoms with E-state index < -0.39 is 41.0 Å². The zero-order valence-corrected chi connectivity index (χ0v) is 11.1. The average molecular weight is 416 g/mol. The van der Waals surface area contributed by atoms with Crippen molar-refractivity contribution < 1.29 is 22.8 Å². The molecule has 0 saturated carbocycles. The number of fused-ring (bicyclic) bond motifs is 2. The molecule has 2 aliphatic rings. The van der Waals surface area contributed by atoms with E-state index in [0.29, 0.717) is 0 Å². The monoisotopic (exact) mass is 416 g/mol. The fraction of sp³-hybridized carbons (Fsp3) is 0. The van der Waals surface area contributed by atoms with E-state index in [9.17, 15) is 14.4 Å². The van der Waals surface area contributed by atoms with Crippen LogP contribution in [-0.4, -0.2) is 41.0 Å². The Hall–Kier alpha value is -1.49. The van der Waals surface area contributed by atoms with Crippen LogP contribution in [-0.2, 0) is 8.44 Å². The molecule has 2 bridgehead atoms. The average Bonchev–Trinajstić information content (AvgIpc) is 2.44. The molecule has 2 aliphatic heterocycles. The van der Waals surface area contributed by atoms with E-state index >= 15 is 0 Å². The molecule has 1 aromatic carbocycles. The zero-order chi connectivity index (χ0) is 11.3. The van der Waals surface area contributed by atoms with Gasteiger partial charge in [0.2, 0.25) is 0 Å². The van der Waals surface area contributed by atoms with Crippen LogP contribution in [0.25, 0.3) is 0 Å². The van der Waals surface area contributed by atoms with Crippen LogP contribution in [0.1, 0.15) is 31.1 Å². The Bertz CT molecular complexity index is 498. The second kappa shape index (κ2) is 3.25. The molecule has 0 aliphatic carbocycles. The first-order chi connectivity index (χ1) is 7.66. The predicted molar refractivity (Wildman–Crippen MR) is 48.4 cm³/mol. The van der Waals surface area contributed by atoms with Crippen molar-refractivity contribution in [1.82, 2.24) is 0 Å². The SMILES string of the molecule is O=C1[O][Bi]2[O]C(=O)c3cccc1c3C(=O)[O]2. The molecule has 0 N–H and O–H groups in total. The van der Waals surface area contributed by atoms with Crippen molar-refractivity contribution in [3.63, 3.8) is 0 Å². The van der Waals surface area contributed by atoms with Crippen molar-refractivity contribution in [2.24, 2.45) is 0 Å². The van der Waals surface area contributed by atoms with Crippen molar-refractivity contribution in [1.29, 1.82) is 0 Å². The van der Waals surface area contributed by atoms with Crippen molar-refractivity contribution in [3.05, 3.63) is 34.9 Å². The minimum absolute atomic E-state index is 0.0486. The summed E-state index contributed by atoms with van der Waals surface area (Å²) in [6.45, 7) is 0. The van der Waals surface area contributed by atoms with Gasteiger partial charge in [0.05, 0.1) is 0 Å². The van der Waals surface area contributed by atoms with Crippen LogP contribution in [0.5, 0.6) is 0 Å². The van der Waals surface area contributed by atoms with Gasteiger partial charge in [-0.3, -0.25) is 0 Å². The van der Waals surface area contributed by atoms with Crippen molar-refractivity contribution in [2.45, 2.75) is 0 Å². The number of hydrogen-bond acceptors (Lipinski definition) is 6. The molecule has 2 heterocycles. The first-order valence-electron chi connectivity index (χ1n) is 4.27. The van der Waals surface area contributed by atoms with Crippen LogP contribution in [0.4, 0.5) is 0 Å². The number of rotatable bonds is 0. The molecule has 3 rings (SSSR count). The van der Waals surface area contributed by atoms with Crippen molar-refractivity contribution in [2.75, 3.05) is 0 Å². The van der Waals surface area contributed by atoms with Gasteiger partial charge in [-0.05, 0) is 0 Å². The Morgan fingerprint density at radius 3 is 1.88 bits per heavy atom. The fourth-order valence-corrected chi connectivity index (χ4v) is 4.65. The summed E-state index contributed by atoms with van der Waals surface area (Å²) in [6.07, 6.45) is 0. The maximum absolute atomic E-state index is 11.6. The Balaban J connectivity index is 2.39. The van der Waals surface area contributed by atoms with Gasteiger partial charge < -0.3 is 0 Å². The number of carbonyl (C=O) groups is 3. The molecule has 1 aromatic rings. The maximum atomic E-state index is 11.6. The summed E-state index contributed by atoms with van der Waals surface area (Å²) in [4.78, 5) is 34.8. The number of carbonyl (C=O) groups excluding carboxylic acids is 3. The first kappa shape index (κ1) is 9.72. The van der Waals surface area contributed by atoms with E-state index in [2.05, 4.69) is 0 Å². The quantitative estimate of drug-likeness (QED) is 0.562. The van der Waals surface area contributed by atoms with Gasteiger partial charge in [-0.15, -0.1) is 0 Å². The first-order valence-corrected chi connectivity index (χ1v) is 8.53. The molecule has 0 amide bonds. The number of benzene rings is 1. The van der Waals surface area contributed by atoms with Crippen LogP contribution in [0.3, 0.4) is 0 Å². The van der Waals surface area contributed by atoms with Crippen LogP contribution in [0.2, 0.25) is 0 Å². The molecule has 0 spiro atoms. The third kappa shape index (κ3) is 1.24. The molecule has 0 fully saturated rings. The Morgan fingerprint density at radius 2 is 1.31 bits per heavy atom. The van der Waals surface area contributed by atoms with Crippen LogP contribution < -0.4 is 0 Å². The third-order valence-electron chi connectivity index (χ3n) is 2.18. The van der Waals surface area contributed by atoms with Crippen LogP contribution in [0, 0.1) is 0 Å². The van der Waals surface area contributed by atoms with Gasteiger partial charge in [-0.25, -0.2) is 0 Å². The summed E-state index contributed by atoms with van der Waals surface area (Å²) in [7, 11) is 0. The zero-order valence-electron chi connectivity index (χ0n) is 7.63. The Labute approximate surface area is 98.6 Å². The number of hydrogen-bond donors (Lipinski definition) is 0. The van der Waals surface area contributed by atoms with Crippen LogP contribution >= 0.6 is 0 Å². The molecule has 7 heteroatoms. The predicted octanol–water partition coefficient (Wildman–Crippen LogP) is 0.169. The summed E-state index contributed by atoms with van der Waals surface area (Å²) < 4.78 is 14.6. The molecule has 0 aromatic heterocycles. The Morgan fingerprint density at radius 1 is 0.812 bits per heavy atom. The van der Waals surface area contributed by atoms with Gasteiger partial charge in [-0.2, -0.15) is 0 Å². The van der Waals surface area contributed by atoms with Crippen LogP contribution in [0.15, 0.2) is 18.2 Å². The van der Waals surface area contributed by atoms with E-state index in [1.54, 1.807) is 0 Å². The normalized spacial score (nSPS) is 18.4. The summed E-state index contributed by atoms with van der Waals surface area (Å²) in [5.74, 6) is -2.03. The van der Waals surface area contributed by atoms with Gasteiger partial charge in [0.25, 0.3) is 0 Å². The third-order valence-corrected chi connectivity index (χ3v) is 5.85. The molecular weight excluding hydrogens is 413 g/mol. The second-order valence-electron chi connectivity index (χ2n) is 3.09. The van der Waals surface area contributed by atoms with Gasteiger partial charge in [-0.1, -0.05) is 0 Å². The van der Waals surface area contributed by atoms with E-state index in [1.807, 2.05) is 0 Å². The molecule has 16 heavy (non-hydrogen) atoms. The molecule has 0 atom stereocenters. The topological polar surface area (TPSA) is 78.9 Å². The molecule has 6 nitrogen and oxygen atoms in total. The van der Waals surface area contributed by atoms with Gasteiger partial charge >= 0.3 is 98.7 Å². The summed E-state index contributed by atoms with van der Waals surface area (Å²) in [5.41, 5.74) is 0.0841. The van der Waals surface area contributed by atoms with E-state index in [4.69, 9.17) is 8.44 Å². The van der Waals surface area contributed by atoms with E-state index in [1.165, 1.54) is 18.2 Å². The molecule has 0 saturated heterocycles. The van der Waals surface area contributed by atoms with Crippen molar-refractivity contribution in [3.8, 4) is 0 Å². The van der Waals surface area contributed by atoms with E-state index in [-0.39, 0.29) is 16.7 Å². The Kier molecular flexibility index (Phi) is 1.97. The van der Waals surface area contributed by atoms with E-state index in [0.717, 1.165) is 0 Å². The fourth-order valence-electron chi connectivity index (χ4n) is 1.52. The molecule has 0 unspecified atom stereocenters. The molecule has 80 valence electrons.